The SMILES string of the molecule is CCC(=O)Nc1ccc(C(=O)N[C@@H](C)C(=O)N2CCC[C@H]2C(=O)N[C@H]2CC(=O)OC2OCc2ccccc2)cc1Cl. The number of benzene rings is 2. The van der Waals surface area contributed by atoms with Gasteiger partial charge < -0.3 is 30.3 Å². The van der Waals surface area contributed by atoms with E-state index in [2.05, 4.69) is 16.0 Å². The highest BCUT2D eigenvalue weighted by Gasteiger charge is 2.41. The van der Waals surface area contributed by atoms with Crippen LogP contribution in [0.5, 0.6) is 0 Å². The maximum absolute atomic E-state index is 13.3. The number of rotatable bonds is 10. The fraction of sp³-hybridized carbons (Fsp3) is 0.414. The normalized spacial score (nSPS) is 20.7. The molecule has 0 bridgehead atoms. The van der Waals surface area contributed by atoms with Crippen molar-refractivity contribution < 1.29 is 33.4 Å². The number of anilines is 1. The molecule has 0 spiro atoms. The van der Waals surface area contributed by atoms with E-state index in [0.717, 1.165) is 5.56 Å². The van der Waals surface area contributed by atoms with E-state index in [1.165, 1.54) is 23.1 Å². The average Bonchev–Trinajstić information content (AvgIpc) is 3.59. The van der Waals surface area contributed by atoms with Crippen molar-refractivity contribution in [2.24, 2.45) is 0 Å². The lowest BCUT2D eigenvalue weighted by atomic mass is 10.1. The van der Waals surface area contributed by atoms with Crippen LogP contribution in [0.25, 0.3) is 0 Å². The Morgan fingerprint density at radius 1 is 1.15 bits per heavy atom. The van der Waals surface area contributed by atoms with Gasteiger partial charge in [0.05, 0.1) is 23.7 Å². The van der Waals surface area contributed by atoms with Crippen molar-refractivity contribution in [3.63, 3.8) is 0 Å². The molecule has 2 fully saturated rings. The van der Waals surface area contributed by atoms with Crippen molar-refractivity contribution in [2.45, 2.75) is 70.6 Å². The molecule has 2 heterocycles. The van der Waals surface area contributed by atoms with E-state index in [1.54, 1.807) is 13.8 Å². The van der Waals surface area contributed by atoms with E-state index in [0.29, 0.717) is 25.1 Å². The zero-order valence-electron chi connectivity index (χ0n) is 22.9. The van der Waals surface area contributed by atoms with Gasteiger partial charge in [-0.15, -0.1) is 0 Å². The molecular weight excluding hydrogens is 552 g/mol. The molecule has 0 saturated carbocycles. The van der Waals surface area contributed by atoms with Gasteiger partial charge >= 0.3 is 5.97 Å². The molecule has 4 amide bonds. The number of cyclic esters (lactones) is 1. The van der Waals surface area contributed by atoms with Crippen molar-refractivity contribution >= 4 is 46.9 Å². The van der Waals surface area contributed by atoms with Crippen LogP contribution in [0, 0.1) is 0 Å². The van der Waals surface area contributed by atoms with E-state index >= 15 is 0 Å². The highest BCUT2D eigenvalue weighted by Crippen LogP contribution is 2.24. The summed E-state index contributed by atoms with van der Waals surface area (Å²) in [4.78, 5) is 64.4. The van der Waals surface area contributed by atoms with Gasteiger partial charge in [0.1, 0.15) is 18.1 Å². The molecule has 1 unspecified atom stereocenters. The fourth-order valence-corrected chi connectivity index (χ4v) is 4.95. The third-order valence-electron chi connectivity index (χ3n) is 6.93. The lowest BCUT2D eigenvalue weighted by Crippen LogP contribution is -2.54. The summed E-state index contributed by atoms with van der Waals surface area (Å²) in [6.45, 7) is 3.81. The first-order valence-corrected chi connectivity index (χ1v) is 13.9. The molecular formula is C29H33ClN4O7. The van der Waals surface area contributed by atoms with Crippen LogP contribution in [0.3, 0.4) is 0 Å². The summed E-state index contributed by atoms with van der Waals surface area (Å²) < 4.78 is 11.0. The van der Waals surface area contributed by atoms with Gasteiger partial charge in [0.15, 0.2) is 0 Å². The van der Waals surface area contributed by atoms with Crippen LogP contribution in [-0.2, 0) is 35.3 Å². The highest BCUT2D eigenvalue weighted by molar-refractivity contribution is 6.34. The van der Waals surface area contributed by atoms with Crippen LogP contribution in [0.15, 0.2) is 48.5 Å². The molecule has 2 aromatic carbocycles. The minimum atomic E-state index is -0.941. The lowest BCUT2D eigenvalue weighted by molar-refractivity contribution is -0.168. The smallest absolute Gasteiger partial charge is 0.310 e. The summed E-state index contributed by atoms with van der Waals surface area (Å²) >= 11 is 6.22. The lowest BCUT2D eigenvalue weighted by Gasteiger charge is -2.28. The molecule has 0 radical (unpaired) electrons. The Bertz CT molecular complexity index is 1310. The third kappa shape index (κ3) is 7.62. The van der Waals surface area contributed by atoms with Gasteiger partial charge in [0, 0.05) is 18.5 Å². The number of nitrogens with zero attached hydrogens (tertiary/aromatic N) is 1. The van der Waals surface area contributed by atoms with Gasteiger partial charge in [-0.05, 0) is 43.5 Å². The van der Waals surface area contributed by atoms with Crippen LogP contribution in [0.2, 0.25) is 5.02 Å². The quantitative estimate of drug-likeness (QED) is 0.364. The fourth-order valence-electron chi connectivity index (χ4n) is 4.73. The maximum Gasteiger partial charge on any atom is 0.310 e. The largest absolute Gasteiger partial charge is 0.433 e. The summed E-state index contributed by atoms with van der Waals surface area (Å²) in [5.41, 5.74) is 1.49. The number of nitrogens with one attached hydrogen (secondary N) is 3. The van der Waals surface area contributed by atoms with E-state index in [4.69, 9.17) is 21.1 Å². The molecule has 11 nitrogen and oxygen atoms in total. The maximum atomic E-state index is 13.3. The van der Waals surface area contributed by atoms with Gasteiger partial charge in [-0.1, -0.05) is 48.9 Å². The Balaban J connectivity index is 1.33. The van der Waals surface area contributed by atoms with Crippen LogP contribution in [0.1, 0.15) is 55.5 Å². The summed E-state index contributed by atoms with van der Waals surface area (Å²) in [7, 11) is 0. The first kappa shape index (κ1) is 30.0. The molecule has 2 aliphatic heterocycles. The van der Waals surface area contributed by atoms with E-state index in [1.807, 2.05) is 30.3 Å². The summed E-state index contributed by atoms with van der Waals surface area (Å²) in [5.74, 6) is -2.05. The van der Waals surface area contributed by atoms with E-state index in [9.17, 15) is 24.0 Å². The molecule has 0 aromatic heterocycles. The Morgan fingerprint density at radius 3 is 2.61 bits per heavy atom. The summed E-state index contributed by atoms with van der Waals surface area (Å²) in [6.07, 6.45) is 0.350. The van der Waals surface area contributed by atoms with Crippen molar-refractivity contribution in [3.8, 4) is 0 Å². The van der Waals surface area contributed by atoms with Crippen LogP contribution in [-0.4, -0.2) is 65.5 Å². The molecule has 4 rings (SSSR count). The van der Waals surface area contributed by atoms with Crippen molar-refractivity contribution in [1.82, 2.24) is 15.5 Å². The molecule has 2 saturated heterocycles. The monoisotopic (exact) mass is 584 g/mol. The Morgan fingerprint density at radius 2 is 1.90 bits per heavy atom. The second-order valence-electron chi connectivity index (χ2n) is 9.96. The predicted molar refractivity (Wildman–Crippen MR) is 150 cm³/mol. The first-order valence-electron chi connectivity index (χ1n) is 13.5. The van der Waals surface area contributed by atoms with Crippen LogP contribution < -0.4 is 16.0 Å². The molecule has 3 N–H and O–H groups in total. The number of carbonyl (C=O) groups excluding carboxylic acids is 5. The second kappa shape index (κ2) is 13.6. The molecule has 2 aromatic rings. The van der Waals surface area contributed by atoms with Gasteiger partial charge in [0.2, 0.25) is 24.0 Å². The predicted octanol–water partition coefficient (Wildman–Crippen LogP) is 2.77. The van der Waals surface area contributed by atoms with Crippen molar-refractivity contribution in [1.29, 1.82) is 0 Å². The first-order chi connectivity index (χ1) is 19.7. The van der Waals surface area contributed by atoms with Gasteiger partial charge in [-0.3, -0.25) is 24.0 Å². The Kier molecular flexibility index (Phi) is 9.95. The number of carbonyl (C=O) groups is 5. The van der Waals surface area contributed by atoms with Crippen LogP contribution in [0.4, 0.5) is 5.69 Å². The molecule has 12 heteroatoms. The number of hydrogen-bond acceptors (Lipinski definition) is 7. The molecule has 41 heavy (non-hydrogen) atoms. The average molecular weight is 585 g/mol. The second-order valence-corrected chi connectivity index (χ2v) is 10.4. The van der Waals surface area contributed by atoms with E-state index < -0.39 is 48.1 Å². The number of hydrogen-bond donors (Lipinski definition) is 3. The zero-order valence-corrected chi connectivity index (χ0v) is 23.6. The zero-order chi connectivity index (χ0) is 29.5. The van der Waals surface area contributed by atoms with Crippen LogP contribution >= 0.6 is 11.6 Å². The third-order valence-corrected chi connectivity index (χ3v) is 7.24. The molecule has 2 aliphatic rings. The molecule has 0 aliphatic carbocycles. The molecule has 218 valence electrons. The minimum absolute atomic E-state index is 0.0399. The summed E-state index contributed by atoms with van der Waals surface area (Å²) in [6, 6.07) is 11.4. The Labute approximate surface area is 242 Å². The number of likely N-dealkylation sites (tertiary alicyclic amines) is 1. The highest BCUT2D eigenvalue weighted by atomic mass is 35.5. The number of halogens is 1. The number of esters is 1. The standard InChI is InChI=1S/C29H33ClN4O7/c1-3-24(35)32-21-12-11-19(14-20(21)30)26(37)31-17(2)28(39)34-13-7-10-23(34)27(38)33-22-15-25(36)41-29(22)40-16-18-8-5-4-6-9-18/h4-6,8-9,11-12,14,17,22-23,29H,3,7,10,13,15-16H2,1-2H3,(H,31,37)(H,32,35)(H,33,38)/t17-,22-,23-,29?/m0/s1. The Hall–Kier alpha value is -3.96. The molecule has 4 atom stereocenters. The topological polar surface area (TPSA) is 143 Å². The number of ether oxygens (including phenoxy) is 2. The summed E-state index contributed by atoms with van der Waals surface area (Å²) in [5, 5.41) is 8.32. The minimum Gasteiger partial charge on any atom is -0.433 e. The van der Waals surface area contributed by atoms with Crippen molar-refractivity contribution in [3.05, 3.63) is 64.7 Å². The van der Waals surface area contributed by atoms with Crippen molar-refractivity contribution in [2.75, 3.05) is 11.9 Å². The van der Waals surface area contributed by atoms with Gasteiger partial charge in [-0.2, -0.15) is 0 Å². The van der Waals surface area contributed by atoms with Gasteiger partial charge in [0.25, 0.3) is 5.91 Å². The van der Waals surface area contributed by atoms with E-state index in [-0.39, 0.29) is 35.9 Å². The number of amides is 4. The van der Waals surface area contributed by atoms with Gasteiger partial charge in [-0.25, -0.2) is 0 Å².